The third kappa shape index (κ3) is 11.2. The largest absolute Gasteiger partial charge is 0.480 e. The van der Waals surface area contributed by atoms with E-state index in [2.05, 4.69) is 20.9 Å². The second kappa shape index (κ2) is 14.2. The van der Waals surface area contributed by atoms with Crippen molar-refractivity contribution in [1.29, 1.82) is 0 Å². The first-order chi connectivity index (χ1) is 14.4. The predicted molar refractivity (Wildman–Crippen MR) is 117 cm³/mol. The summed E-state index contributed by atoms with van der Waals surface area (Å²) in [7, 11) is 0. The number of carbonyl (C=O) groups excluding carboxylic acids is 3. The van der Waals surface area contributed by atoms with Gasteiger partial charge in [0.2, 0.25) is 17.7 Å². The fraction of sp³-hybridized carbons (Fsp3) is 0.737. The molecule has 0 saturated heterocycles. The van der Waals surface area contributed by atoms with Gasteiger partial charge in [0, 0.05) is 6.54 Å². The molecule has 0 aromatic rings. The Kier molecular flexibility index (Phi) is 12.9. The highest BCUT2D eigenvalue weighted by Crippen LogP contribution is 2.07. The number of hydrogen-bond donors (Lipinski definition) is 7. The molecule has 12 nitrogen and oxygen atoms in total. The van der Waals surface area contributed by atoms with E-state index in [1.54, 1.807) is 13.8 Å². The Labute approximate surface area is 182 Å². The molecule has 0 aliphatic carbocycles. The normalized spacial score (nSPS) is 14.6. The summed E-state index contributed by atoms with van der Waals surface area (Å²) < 4.78 is 0. The van der Waals surface area contributed by atoms with Crippen LogP contribution in [0.15, 0.2) is 4.99 Å². The molecule has 12 heteroatoms. The number of aliphatic carboxylic acids is 1. The van der Waals surface area contributed by atoms with E-state index in [9.17, 15) is 19.2 Å². The van der Waals surface area contributed by atoms with Crippen molar-refractivity contribution in [2.45, 2.75) is 65.1 Å². The average Bonchev–Trinajstić information content (AvgIpc) is 2.70. The molecule has 0 aromatic carbocycles. The Bertz CT molecular complexity index is 650. The molecule has 0 rings (SSSR count). The predicted octanol–water partition coefficient (Wildman–Crippen LogP) is -1.76. The number of carbonyl (C=O) groups is 4. The van der Waals surface area contributed by atoms with Crippen LogP contribution in [-0.2, 0) is 19.2 Å². The lowest BCUT2D eigenvalue weighted by Crippen LogP contribution is -2.54. The van der Waals surface area contributed by atoms with Crippen LogP contribution in [0.3, 0.4) is 0 Å². The summed E-state index contributed by atoms with van der Waals surface area (Å²) in [4.78, 5) is 52.1. The van der Waals surface area contributed by atoms with Gasteiger partial charge >= 0.3 is 5.97 Å². The third-order valence-corrected chi connectivity index (χ3v) is 4.81. The summed E-state index contributed by atoms with van der Waals surface area (Å²) >= 11 is 0. The minimum Gasteiger partial charge on any atom is -0.480 e. The van der Waals surface area contributed by atoms with E-state index in [1.807, 2.05) is 13.8 Å². The van der Waals surface area contributed by atoms with E-state index in [1.165, 1.54) is 0 Å². The monoisotopic (exact) mass is 443 g/mol. The topological polar surface area (TPSA) is 215 Å². The van der Waals surface area contributed by atoms with E-state index in [0.717, 1.165) is 0 Å². The Balaban J connectivity index is 5.02. The van der Waals surface area contributed by atoms with Crippen LogP contribution < -0.4 is 33.2 Å². The van der Waals surface area contributed by atoms with Gasteiger partial charge in [-0.2, -0.15) is 0 Å². The van der Waals surface area contributed by atoms with Gasteiger partial charge in [-0.05, 0) is 24.7 Å². The SMILES string of the molecule is CCC(C)C(N)C(=O)NC(CCCN=C(N)N)C(=O)NCC(=O)NC(C(=O)O)C(C)C. The highest BCUT2D eigenvalue weighted by atomic mass is 16.4. The van der Waals surface area contributed by atoms with Crippen LogP contribution in [0.2, 0.25) is 0 Å². The molecule has 0 aromatic heterocycles. The van der Waals surface area contributed by atoms with Gasteiger partial charge in [-0.15, -0.1) is 0 Å². The van der Waals surface area contributed by atoms with Gasteiger partial charge in [0.15, 0.2) is 5.96 Å². The van der Waals surface area contributed by atoms with Gasteiger partial charge < -0.3 is 38.3 Å². The van der Waals surface area contributed by atoms with Crippen LogP contribution in [0.25, 0.3) is 0 Å². The van der Waals surface area contributed by atoms with Crippen molar-refractivity contribution in [3.63, 3.8) is 0 Å². The van der Waals surface area contributed by atoms with Gasteiger partial charge in [0.1, 0.15) is 12.1 Å². The quantitative estimate of drug-likeness (QED) is 0.0924. The minimum absolute atomic E-state index is 0.0832. The number of nitrogens with one attached hydrogen (secondary N) is 3. The molecule has 10 N–H and O–H groups in total. The molecule has 178 valence electrons. The number of carboxylic acid groups (broad SMARTS) is 1. The lowest BCUT2D eigenvalue weighted by atomic mass is 9.98. The Hall–Kier alpha value is -2.89. The number of aliphatic imine (C=N–C) groups is 1. The summed E-state index contributed by atoms with van der Waals surface area (Å²) in [6.07, 6.45) is 1.30. The van der Waals surface area contributed by atoms with Crippen molar-refractivity contribution in [2.75, 3.05) is 13.1 Å². The maximum Gasteiger partial charge on any atom is 0.326 e. The van der Waals surface area contributed by atoms with E-state index < -0.39 is 48.4 Å². The summed E-state index contributed by atoms with van der Waals surface area (Å²) in [6.45, 7) is 6.86. The van der Waals surface area contributed by atoms with Crippen molar-refractivity contribution in [3.05, 3.63) is 0 Å². The number of amides is 3. The van der Waals surface area contributed by atoms with Crippen molar-refractivity contribution < 1.29 is 24.3 Å². The number of nitrogens with two attached hydrogens (primary N) is 3. The molecule has 0 bridgehead atoms. The zero-order chi connectivity index (χ0) is 24.1. The molecular formula is C19H37N7O5. The maximum atomic E-state index is 12.6. The molecule has 0 spiro atoms. The average molecular weight is 444 g/mol. The maximum absolute atomic E-state index is 12.6. The van der Waals surface area contributed by atoms with Crippen molar-refractivity contribution in [2.24, 2.45) is 34.0 Å². The molecule has 0 aliphatic heterocycles. The van der Waals surface area contributed by atoms with E-state index >= 15 is 0 Å². The van der Waals surface area contributed by atoms with Crippen molar-refractivity contribution in [3.8, 4) is 0 Å². The summed E-state index contributed by atoms with van der Waals surface area (Å²) in [6, 6.07) is -2.82. The highest BCUT2D eigenvalue weighted by Gasteiger charge is 2.27. The first kappa shape index (κ1) is 28.1. The lowest BCUT2D eigenvalue weighted by molar-refractivity contribution is -0.143. The first-order valence-electron chi connectivity index (χ1n) is 10.3. The van der Waals surface area contributed by atoms with E-state index in [4.69, 9.17) is 22.3 Å². The van der Waals surface area contributed by atoms with Crippen molar-refractivity contribution in [1.82, 2.24) is 16.0 Å². The molecule has 0 fully saturated rings. The Morgan fingerprint density at radius 2 is 1.65 bits per heavy atom. The number of rotatable bonds is 14. The first-order valence-corrected chi connectivity index (χ1v) is 10.3. The number of carboxylic acids is 1. The molecule has 4 atom stereocenters. The Morgan fingerprint density at radius 1 is 1.03 bits per heavy atom. The molecule has 4 unspecified atom stereocenters. The lowest BCUT2D eigenvalue weighted by Gasteiger charge is -2.23. The summed E-state index contributed by atoms with van der Waals surface area (Å²) in [5.74, 6) is -3.40. The van der Waals surface area contributed by atoms with Gasteiger partial charge in [0.25, 0.3) is 0 Å². The minimum atomic E-state index is -1.17. The summed E-state index contributed by atoms with van der Waals surface area (Å²) in [5.41, 5.74) is 16.5. The van der Waals surface area contributed by atoms with Gasteiger partial charge in [0.05, 0.1) is 12.6 Å². The smallest absolute Gasteiger partial charge is 0.326 e. The zero-order valence-electron chi connectivity index (χ0n) is 18.7. The van der Waals surface area contributed by atoms with Crippen LogP contribution >= 0.6 is 0 Å². The number of guanidine groups is 1. The highest BCUT2D eigenvalue weighted by molar-refractivity contribution is 5.92. The van der Waals surface area contributed by atoms with Crippen LogP contribution in [-0.4, -0.2) is 66.0 Å². The molecule has 0 saturated carbocycles. The molecule has 0 aliphatic rings. The molecular weight excluding hydrogens is 406 g/mol. The van der Waals surface area contributed by atoms with E-state index in [0.29, 0.717) is 12.8 Å². The van der Waals surface area contributed by atoms with Gasteiger partial charge in [-0.25, -0.2) is 4.79 Å². The van der Waals surface area contributed by atoms with Gasteiger partial charge in [-0.3, -0.25) is 19.4 Å². The fourth-order valence-electron chi connectivity index (χ4n) is 2.58. The van der Waals surface area contributed by atoms with Crippen LogP contribution in [0.1, 0.15) is 47.0 Å². The molecule has 31 heavy (non-hydrogen) atoms. The second-order valence-corrected chi connectivity index (χ2v) is 7.77. The standard InChI is InChI=1S/C19H37N7O5/c1-5-11(4)14(20)17(29)25-12(7-6-8-23-19(21)22)16(28)24-9-13(27)26-15(10(2)3)18(30)31/h10-12,14-15H,5-9,20H2,1-4H3,(H,24,28)(H,25,29)(H,26,27)(H,30,31)(H4,21,22,23). The molecule has 0 heterocycles. The molecule has 0 radical (unpaired) electrons. The molecule has 3 amide bonds. The third-order valence-electron chi connectivity index (χ3n) is 4.81. The summed E-state index contributed by atoms with van der Waals surface area (Å²) in [5, 5.41) is 16.5. The number of nitrogens with zero attached hydrogens (tertiary/aromatic N) is 1. The fourth-order valence-corrected chi connectivity index (χ4v) is 2.58. The van der Waals surface area contributed by atoms with E-state index in [-0.39, 0.29) is 30.8 Å². The second-order valence-electron chi connectivity index (χ2n) is 7.77. The van der Waals surface area contributed by atoms with Crippen LogP contribution in [0.4, 0.5) is 0 Å². The van der Waals surface area contributed by atoms with Crippen LogP contribution in [0.5, 0.6) is 0 Å². The zero-order valence-corrected chi connectivity index (χ0v) is 18.7. The van der Waals surface area contributed by atoms with Crippen LogP contribution in [0, 0.1) is 11.8 Å². The van der Waals surface area contributed by atoms with Crippen molar-refractivity contribution >= 4 is 29.7 Å². The Morgan fingerprint density at radius 3 is 2.13 bits per heavy atom. The van der Waals surface area contributed by atoms with Gasteiger partial charge in [-0.1, -0.05) is 34.1 Å². The number of hydrogen-bond acceptors (Lipinski definition) is 6.